The van der Waals surface area contributed by atoms with Crippen molar-refractivity contribution < 1.29 is 22.0 Å². The minimum Gasteiger partial charge on any atom is -0.314 e. The van der Waals surface area contributed by atoms with Gasteiger partial charge in [-0.15, -0.1) is 0 Å². The number of rotatable bonds is 3. The lowest BCUT2D eigenvalue weighted by atomic mass is 9.79. The first kappa shape index (κ1) is 17.6. The van der Waals surface area contributed by atoms with Crippen molar-refractivity contribution in [1.82, 2.24) is 10.2 Å². The Morgan fingerprint density at radius 2 is 1.25 bits per heavy atom. The molecule has 1 heterocycles. The lowest BCUT2D eigenvalue weighted by molar-refractivity contribution is 0.0957. The van der Waals surface area contributed by atoms with Gasteiger partial charge in [0.25, 0.3) is 0 Å². The van der Waals surface area contributed by atoms with Crippen molar-refractivity contribution >= 4 is 0 Å². The van der Waals surface area contributed by atoms with Crippen LogP contribution in [0.2, 0.25) is 0 Å². The fraction of sp³-hybridized carbons (Fsp3) is 0.647. The quantitative estimate of drug-likeness (QED) is 0.506. The predicted octanol–water partition coefficient (Wildman–Crippen LogP) is 3.91. The lowest BCUT2D eigenvalue weighted by Crippen LogP contribution is -2.47. The van der Waals surface area contributed by atoms with Crippen LogP contribution in [0.4, 0.5) is 22.0 Å². The van der Waals surface area contributed by atoms with E-state index in [4.69, 9.17) is 0 Å². The molecule has 7 heteroatoms. The Morgan fingerprint density at radius 1 is 0.750 bits per heavy atom. The molecular formula is C17H21F5N2. The molecule has 1 aromatic rings. The summed E-state index contributed by atoms with van der Waals surface area (Å²) in [5, 5.41) is 3.15. The summed E-state index contributed by atoms with van der Waals surface area (Å²) in [4.78, 5) is 1.87. The van der Waals surface area contributed by atoms with E-state index in [1.54, 1.807) is 0 Å². The zero-order chi connectivity index (χ0) is 17.3. The second-order valence-corrected chi connectivity index (χ2v) is 6.61. The molecule has 1 saturated heterocycles. The summed E-state index contributed by atoms with van der Waals surface area (Å²) < 4.78 is 69.6. The second-order valence-electron chi connectivity index (χ2n) is 6.61. The number of piperazine rings is 1. The third-order valence-corrected chi connectivity index (χ3v) is 5.18. The van der Waals surface area contributed by atoms with Crippen molar-refractivity contribution in [3.63, 3.8) is 0 Å². The molecule has 0 bridgehead atoms. The van der Waals surface area contributed by atoms with Crippen LogP contribution in [0.25, 0.3) is 0 Å². The normalized spacial score (nSPS) is 21.9. The average Bonchev–Trinajstić information content (AvgIpc) is 2.63. The molecule has 1 N–H and O–H groups in total. The Hall–Kier alpha value is -1.21. The van der Waals surface area contributed by atoms with Crippen molar-refractivity contribution in [2.45, 2.75) is 38.1 Å². The topological polar surface area (TPSA) is 15.3 Å². The molecule has 3 rings (SSSR count). The van der Waals surface area contributed by atoms with Crippen LogP contribution in [0.15, 0.2) is 0 Å². The van der Waals surface area contributed by atoms with Gasteiger partial charge in [-0.3, -0.25) is 4.90 Å². The Bertz CT molecular complexity index is 548. The van der Waals surface area contributed by atoms with E-state index in [0.717, 1.165) is 32.1 Å². The highest BCUT2D eigenvalue weighted by Gasteiger charge is 2.38. The van der Waals surface area contributed by atoms with Crippen LogP contribution in [0.1, 0.15) is 43.7 Å². The molecule has 0 amide bonds. The minimum absolute atomic E-state index is 0.0925. The summed E-state index contributed by atoms with van der Waals surface area (Å²) in [5.41, 5.74) is -0.653. The summed E-state index contributed by atoms with van der Waals surface area (Å²) >= 11 is 0. The number of hydrogen-bond donors (Lipinski definition) is 1. The van der Waals surface area contributed by atoms with Gasteiger partial charge in [-0.1, -0.05) is 19.3 Å². The first-order valence-corrected chi connectivity index (χ1v) is 8.48. The van der Waals surface area contributed by atoms with Crippen LogP contribution < -0.4 is 5.32 Å². The standard InChI is InChI=1S/C17H21F5N2/c18-12-11(13(19)15(21)16(22)14(12)20)17(10-4-2-1-3-5-10)24-8-6-23-7-9-24/h10,17,23H,1-9H2/t17-/m0/s1. The maximum absolute atomic E-state index is 14.4. The maximum Gasteiger partial charge on any atom is 0.200 e. The lowest BCUT2D eigenvalue weighted by Gasteiger charge is -2.41. The molecule has 2 aliphatic rings. The van der Waals surface area contributed by atoms with E-state index in [2.05, 4.69) is 5.32 Å². The summed E-state index contributed by atoms with van der Waals surface area (Å²) in [7, 11) is 0. The molecule has 1 aliphatic carbocycles. The first-order valence-electron chi connectivity index (χ1n) is 8.48. The summed E-state index contributed by atoms with van der Waals surface area (Å²) in [6.07, 6.45) is 4.37. The summed E-state index contributed by atoms with van der Waals surface area (Å²) in [5.74, 6) is -9.23. The number of benzene rings is 1. The van der Waals surface area contributed by atoms with Gasteiger partial charge in [0.05, 0.1) is 0 Å². The Kier molecular flexibility index (Phi) is 5.39. The van der Waals surface area contributed by atoms with Gasteiger partial charge in [0.2, 0.25) is 5.82 Å². The zero-order valence-electron chi connectivity index (χ0n) is 13.4. The highest BCUT2D eigenvalue weighted by molar-refractivity contribution is 5.28. The molecule has 0 aromatic heterocycles. The molecule has 0 unspecified atom stereocenters. The molecule has 0 spiro atoms. The van der Waals surface area contributed by atoms with Crippen LogP contribution in [0.5, 0.6) is 0 Å². The highest BCUT2D eigenvalue weighted by atomic mass is 19.2. The zero-order valence-corrected chi connectivity index (χ0v) is 13.4. The van der Waals surface area contributed by atoms with Gasteiger partial charge < -0.3 is 5.32 Å². The number of nitrogens with one attached hydrogen (secondary N) is 1. The van der Waals surface area contributed by atoms with E-state index in [1.165, 1.54) is 0 Å². The maximum atomic E-state index is 14.4. The molecule has 134 valence electrons. The van der Waals surface area contributed by atoms with Gasteiger partial charge >= 0.3 is 0 Å². The predicted molar refractivity (Wildman–Crippen MR) is 80.0 cm³/mol. The van der Waals surface area contributed by atoms with E-state index in [9.17, 15) is 22.0 Å². The van der Waals surface area contributed by atoms with Crippen molar-refractivity contribution in [2.75, 3.05) is 26.2 Å². The Balaban J connectivity index is 2.07. The van der Waals surface area contributed by atoms with Crippen molar-refractivity contribution in [3.8, 4) is 0 Å². The molecule has 1 atom stereocenters. The van der Waals surface area contributed by atoms with Crippen molar-refractivity contribution in [3.05, 3.63) is 34.6 Å². The van der Waals surface area contributed by atoms with Crippen LogP contribution in [-0.2, 0) is 0 Å². The highest BCUT2D eigenvalue weighted by Crippen LogP contribution is 2.41. The SMILES string of the molecule is Fc1c(F)c(F)c([C@H](C2CCCCC2)N2CCNCC2)c(F)c1F. The number of nitrogens with zero attached hydrogens (tertiary/aromatic N) is 1. The second kappa shape index (κ2) is 7.35. The summed E-state index contributed by atoms with van der Waals surface area (Å²) in [6.45, 7) is 2.33. The first-order chi connectivity index (χ1) is 11.5. The molecular weight excluding hydrogens is 327 g/mol. The van der Waals surface area contributed by atoms with E-state index in [-0.39, 0.29) is 5.92 Å². The van der Waals surface area contributed by atoms with Gasteiger partial charge in [-0.25, -0.2) is 22.0 Å². The van der Waals surface area contributed by atoms with E-state index in [0.29, 0.717) is 26.2 Å². The Morgan fingerprint density at radius 3 is 1.79 bits per heavy atom. The van der Waals surface area contributed by atoms with E-state index < -0.39 is 40.7 Å². The molecule has 0 radical (unpaired) electrons. The van der Waals surface area contributed by atoms with E-state index in [1.807, 2.05) is 4.90 Å². The number of hydrogen-bond acceptors (Lipinski definition) is 2. The van der Waals surface area contributed by atoms with Gasteiger partial charge in [-0.2, -0.15) is 0 Å². The molecule has 2 nitrogen and oxygen atoms in total. The van der Waals surface area contributed by atoms with Crippen LogP contribution in [0.3, 0.4) is 0 Å². The van der Waals surface area contributed by atoms with Crippen LogP contribution >= 0.6 is 0 Å². The Labute approximate surface area is 138 Å². The van der Waals surface area contributed by atoms with Gasteiger partial charge in [0.15, 0.2) is 23.3 Å². The van der Waals surface area contributed by atoms with Crippen LogP contribution in [0, 0.1) is 35.0 Å². The van der Waals surface area contributed by atoms with Crippen LogP contribution in [-0.4, -0.2) is 31.1 Å². The monoisotopic (exact) mass is 348 g/mol. The van der Waals surface area contributed by atoms with Gasteiger partial charge in [-0.05, 0) is 18.8 Å². The van der Waals surface area contributed by atoms with Crippen molar-refractivity contribution in [1.29, 1.82) is 0 Å². The number of halogens is 5. The minimum atomic E-state index is -2.09. The van der Waals surface area contributed by atoms with E-state index >= 15 is 0 Å². The molecule has 1 saturated carbocycles. The molecule has 1 aromatic carbocycles. The largest absolute Gasteiger partial charge is 0.314 e. The van der Waals surface area contributed by atoms with Crippen molar-refractivity contribution in [2.24, 2.45) is 5.92 Å². The van der Waals surface area contributed by atoms with Gasteiger partial charge in [0, 0.05) is 37.8 Å². The molecule has 1 aliphatic heterocycles. The summed E-state index contributed by atoms with van der Waals surface area (Å²) in [6, 6.07) is -0.767. The smallest absolute Gasteiger partial charge is 0.200 e. The average molecular weight is 348 g/mol. The fourth-order valence-electron chi connectivity index (χ4n) is 4.01. The third-order valence-electron chi connectivity index (χ3n) is 5.18. The van der Waals surface area contributed by atoms with Gasteiger partial charge in [0.1, 0.15) is 0 Å². The third kappa shape index (κ3) is 3.16. The molecule has 24 heavy (non-hydrogen) atoms. The molecule has 2 fully saturated rings. The fourth-order valence-corrected chi connectivity index (χ4v) is 4.01.